The lowest BCUT2D eigenvalue weighted by atomic mass is 9.71. The van der Waals surface area contributed by atoms with E-state index in [0.29, 0.717) is 0 Å². The first-order valence-corrected chi connectivity index (χ1v) is 21.0. The van der Waals surface area contributed by atoms with Crippen molar-refractivity contribution in [3.05, 3.63) is 229 Å². The SMILES string of the molecule is c1ccc(N2c3ccccc3Oc3c2ccc2c3-c3ccccc3C23c2cccnc2-c2nc(-c4cccc(-c5cc(-c6ccncc6)cc(-c6ccncc6)n5)c4)ccc23)cc1. The Morgan fingerprint density at radius 2 is 1.10 bits per heavy atom. The quantitative estimate of drug-likeness (QED) is 0.171. The number of ether oxygens (including phenoxy) is 1. The molecular weight excluding hydrogens is 773 g/mol. The molecule has 63 heavy (non-hydrogen) atoms. The second-order valence-electron chi connectivity index (χ2n) is 16.0. The summed E-state index contributed by atoms with van der Waals surface area (Å²) in [5.41, 5.74) is 18.7. The summed E-state index contributed by atoms with van der Waals surface area (Å²) in [6, 6.07) is 61.7. The van der Waals surface area contributed by atoms with Gasteiger partial charge in [0.15, 0.2) is 11.5 Å². The van der Waals surface area contributed by atoms with E-state index in [1.165, 1.54) is 5.56 Å². The lowest BCUT2D eigenvalue weighted by Crippen LogP contribution is -2.26. The predicted octanol–water partition coefficient (Wildman–Crippen LogP) is 13.2. The number of hydrogen-bond acceptors (Lipinski definition) is 7. The second-order valence-corrected chi connectivity index (χ2v) is 16.0. The maximum absolute atomic E-state index is 7.01. The normalized spacial score (nSPS) is 14.8. The number of anilines is 3. The Morgan fingerprint density at radius 1 is 0.413 bits per heavy atom. The van der Waals surface area contributed by atoms with E-state index < -0.39 is 5.41 Å². The highest BCUT2D eigenvalue weighted by Crippen LogP contribution is 2.66. The monoisotopic (exact) mass is 806 g/mol. The average molecular weight is 807 g/mol. The van der Waals surface area contributed by atoms with Crippen LogP contribution in [0.15, 0.2) is 207 Å². The summed E-state index contributed by atoms with van der Waals surface area (Å²) in [5, 5.41) is 0. The molecule has 7 heteroatoms. The lowest BCUT2D eigenvalue weighted by Gasteiger charge is -2.35. The van der Waals surface area contributed by atoms with Crippen LogP contribution in [0.3, 0.4) is 0 Å². The number of pyridine rings is 5. The molecule has 0 saturated heterocycles. The van der Waals surface area contributed by atoms with Gasteiger partial charge in [-0.2, -0.15) is 0 Å². The molecule has 2 aliphatic carbocycles. The fourth-order valence-electron chi connectivity index (χ4n) is 10.1. The van der Waals surface area contributed by atoms with E-state index >= 15 is 0 Å². The van der Waals surface area contributed by atoms with Crippen molar-refractivity contribution in [1.82, 2.24) is 24.9 Å². The van der Waals surface area contributed by atoms with Gasteiger partial charge in [-0.1, -0.05) is 91.0 Å². The molecule has 5 aromatic heterocycles. The Hall–Kier alpha value is -8.55. The van der Waals surface area contributed by atoms with E-state index in [1.807, 2.05) is 55.0 Å². The van der Waals surface area contributed by atoms with Crippen molar-refractivity contribution in [2.24, 2.45) is 0 Å². The van der Waals surface area contributed by atoms with Crippen LogP contribution in [0.2, 0.25) is 0 Å². The number of rotatable bonds is 5. The van der Waals surface area contributed by atoms with Crippen molar-refractivity contribution < 1.29 is 4.74 Å². The molecule has 7 nitrogen and oxygen atoms in total. The van der Waals surface area contributed by atoms with Crippen LogP contribution in [0.5, 0.6) is 11.5 Å². The number of benzene rings is 5. The van der Waals surface area contributed by atoms with E-state index in [9.17, 15) is 0 Å². The molecular formula is C56H34N6O. The van der Waals surface area contributed by atoms with E-state index in [-0.39, 0.29) is 0 Å². The van der Waals surface area contributed by atoms with Crippen molar-refractivity contribution >= 4 is 17.1 Å². The van der Waals surface area contributed by atoms with Crippen LogP contribution in [0.1, 0.15) is 22.3 Å². The number of para-hydroxylation sites is 3. The molecule has 0 N–H and O–H groups in total. The van der Waals surface area contributed by atoms with Crippen LogP contribution in [0, 0.1) is 0 Å². The minimum absolute atomic E-state index is 0.661. The Bertz CT molecular complexity index is 3390. The highest BCUT2D eigenvalue weighted by molar-refractivity contribution is 6.00. The van der Waals surface area contributed by atoms with Crippen LogP contribution in [0.4, 0.5) is 17.1 Å². The molecule has 5 aromatic carbocycles. The van der Waals surface area contributed by atoms with Crippen LogP contribution < -0.4 is 9.64 Å². The van der Waals surface area contributed by atoms with Gasteiger partial charge in [-0.15, -0.1) is 0 Å². The molecule has 1 spiro atoms. The van der Waals surface area contributed by atoms with E-state index in [4.69, 9.17) is 19.7 Å². The molecule has 13 rings (SSSR count). The summed E-state index contributed by atoms with van der Waals surface area (Å²) >= 11 is 0. The third kappa shape index (κ3) is 5.23. The first-order valence-electron chi connectivity index (χ1n) is 21.0. The minimum atomic E-state index is -0.661. The first-order chi connectivity index (χ1) is 31.2. The Balaban J connectivity index is 0.975. The molecule has 0 saturated carbocycles. The zero-order valence-electron chi connectivity index (χ0n) is 33.7. The van der Waals surface area contributed by atoms with E-state index in [0.717, 1.165) is 113 Å². The summed E-state index contributed by atoms with van der Waals surface area (Å²) in [6.07, 6.45) is 9.13. The molecule has 1 aliphatic heterocycles. The van der Waals surface area contributed by atoms with Gasteiger partial charge in [-0.25, -0.2) is 9.97 Å². The topological polar surface area (TPSA) is 76.9 Å². The van der Waals surface area contributed by atoms with Gasteiger partial charge in [0.2, 0.25) is 0 Å². The third-order valence-electron chi connectivity index (χ3n) is 12.7. The first kappa shape index (κ1) is 35.2. The van der Waals surface area contributed by atoms with Gasteiger partial charge in [0, 0.05) is 58.9 Å². The number of fused-ring (bicyclic) bond motifs is 13. The van der Waals surface area contributed by atoms with E-state index in [2.05, 4.69) is 154 Å². The Labute approximate surface area is 363 Å². The summed E-state index contributed by atoms with van der Waals surface area (Å²) in [4.78, 5) is 26.6. The van der Waals surface area contributed by atoms with Crippen LogP contribution in [-0.4, -0.2) is 24.9 Å². The van der Waals surface area contributed by atoms with Gasteiger partial charge in [-0.3, -0.25) is 15.0 Å². The molecule has 1 atom stereocenters. The molecule has 1 unspecified atom stereocenters. The molecule has 294 valence electrons. The van der Waals surface area contributed by atoms with Gasteiger partial charge in [0.1, 0.15) is 0 Å². The number of hydrogen-bond donors (Lipinski definition) is 0. The Morgan fingerprint density at radius 3 is 1.94 bits per heavy atom. The fourth-order valence-corrected chi connectivity index (χ4v) is 10.1. The third-order valence-corrected chi connectivity index (χ3v) is 12.7. The predicted molar refractivity (Wildman–Crippen MR) is 248 cm³/mol. The zero-order chi connectivity index (χ0) is 41.5. The maximum atomic E-state index is 7.01. The summed E-state index contributed by atoms with van der Waals surface area (Å²) in [5.74, 6) is 1.66. The number of aromatic nitrogens is 5. The molecule has 0 fully saturated rings. The highest BCUT2D eigenvalue weighted by Gasteiger charge is 2.54. The fraction of sp³-hybridized carbons (Fsp3) is 0.0179. The highest BCUT2D eigenvalue weighted by atomic mass is 16.5. The molecule has 10 aromatic rings. The van der Waals surface area contributed by atoms with Gasteiger partial charge in [0.25, 0.3) is 0 Å². The van der Waals surface area contributed by atoms with Gasteiger partial charge in [-0.05, 0) is 124 Å². The van der Waals surface area contributed by atoms with Gasteiger partial charge in [0.05, 0.1) is 45.3 Å². The van der Waals surface area contributed by atoms with Gasteiger partial charge < -0.3 is 9.64 Å². The lowest BCUT2D eigenvalue weighted by molar-refractivity contribution is 0.478. The van der Waals surface area contributed by atoms with Gasteiger partial charge >= 0.3 is 0 Å². The summed E-state index contributed by atoms with van der Waals surface area (Å²) in [7, 11) is 0. The van der Waals surface area contributed by atoms with Crippen molar-refractivity contribution in [1.29, 1.82) is 0 Å². The second kappa shape index (κ2) is 13.7. The molecule has 3 aliphatic rings. The van der Waals surface area contributed by atoms with Crippen molar-refractivity contribution in [2.75, 3.05) is 4.90 Å². The maximum Gasteiger partial charge on any atom is 0.159 e. The number of nitrogens with zero attached hydrogens (tertiary/aromatic N) is 6. The summed E-state index contributed by atoms with van der Waals surface area (Å²) in [6.45, 7) is 0. The van der Waals surface area contributed by atoms with Crippen molar-refractivity contribution in [2.45, 2.75) is 5.41 Å². The summed E-state index contributed by atoms with van der Waals surface area (Å²) < 4.78 is 7.01. The standard InChI is InChI=1S/C56H34N6O/c1-2-12-40(13-3-1)62-49-17-6-7-18-51(49)63-55-50(62)22-20-43-52(55)41-14-4-5-15-42(41)56(43)44-16-9-27-59-53(44)54-45(56)19-21-46(61-54)37-10-8-11-38(32-37)48-34-39(35-23-28-57-29-24-35)33-47(60-48)36-25-30-58-31-26-36/h1-34H. The minimum Gasteiger partial charge on any atom is -0.452 e. The van der Waals surface area contributed by atoms with E-state index in [1.54, 1.807) is 12.4 Å². The largest absolute Gasteiger partial charge is 0.452 e. The molecule has 0 radical (unpaired) electrons. The van der Waals surface area contributed by atoms with Crippen molar-refractivity contribution in [3.8, 4) is 78.9 Å². The van der Waals surface area contributed by atoms with Crippen molar-refractivity contribution in [3.63, 3.8) is 0 Å². The average Bonchev–Trinajstić information content (AvgIpc) is 3.83. The molecule has 6 heterocycles. The van der Waals surface area contributed by atoms with Crippen LogP contribution in [-0.2, 0) is 5.41 Å². The molecule has 0 bridgehead atoms. The Kier molecular flexibility index (Phi) is 7.68. The van der Waals surface area contributed by atoms with Crippen LogP contribution >= 0.6 is 0 Å². The smallest absolute Gasteiger partial charge is 0.159 e. The zero-order valence-corrected chi connectivity index (χ0v) is 33.7. The molecule has 0 amide bonds. The van der Waals surface area contributed by atoms with Crippen LogP contribution in [0.25, 0.3) is 67.4 Å².